The number of aromatic nitrogens is 1. The molecule has 6 heteroatoms. The van der Waals surface area contributed by atoms with E-state index < -0.39 is 17.9 Å². The minimum absolute atomic E-state index is 0.232. The summed E-state index contributed by atoms with van der Waals surface area (Å²) in [5.41, 5.74) is 4.57. The van der Waals surface area contributed by atoms with Crippen LogP contribution in [0.25, 0.3) is 10.9 Å². The zero-order valence-electron chi connectivity index (χ0n) is 16.9. The molecule has 0 aliphatic heterocycles. The van der Waals surface area contributed by atoms with Gasteiger partial charge in [0.25, 0.3) is 5.91 Å². The molecule has 3 aromatic rings. The van der Waals surface area contributed by atoms with Crippen molar-refractivity contribution in [1.82, 2.24) is 9.88 Å². The van der Waals surface area contributed by atoms with Gasteiger partial charge in [0.05, 0.1) is 6.61 Å². The summed E-state index contributed by atoms with van der Waals surface area (Å²) in [4.78, 5) is 24.4. The molecule has 3 rings (SSSR count). The Hall–Kier alpha value is -3.12. The van der Waals surface area contributed by atoms with Crippen LogP contribution in [0, 0.1) is 13.8 Å². The van der Waals surface area contributed by atoms with E-state index in [2.05, 4.69) is 9.88 Å². The standard InChI is InChI=1S/C23H26N2O4/c1-15-16(2)25(11-12-29-3)21-10-9-18(14-19(15)21)22(26)24-20(23(27)28)13-17-7-5-4-6-8-17/h4-10,14,20H,11-13H2,1-3H3,(H,24,26)(H,27,28)/t20-/m1/s1. The van der Waals surface area contributed by atoms with Crippen LogP contribution >= 0.6 is 0 Å². The summed E-state index contributed by atoms with van der Waals surface area (Å²) in [5, 5.41) is 13.2. The highest BCUT2D eigenvalue weighted by molar-refractivity contribution is 6.00. The van der Waals surface area contributed by atoms with Gasteiger partial charge in [-0.2, -0.15) is 0 Å². The molecule has 0 saturated carbocycles. The van der Waals surface area contributed by atoms with Crippen LogP contribution in [0.2, 0.25) is 0 Å². The van der Waals surface area contributed by atoms with Crippen LogP contribution in [0.4, 0.5) is 0 Å². The fraction of sp³-hybridized carbons (Fsp3) is 0.304. The maximum absolute atomic E-state index is 12.8. The zero-order chi connectivity index (χ0) is 21.0. The number of methoxy groups -OCH3 is 1. The van der Waals surface area contributed by atoms with Gasteiger partial charge in [0, 0.05) is 42.2 Å². The van der Waals surface area contributed by atoms with Crippen LogP contribution in [-0.4, -0.2) is 41.3 Å². The number of carbonyl (C=O) groups is 2. The first-order chi connectivity index (χ1) is 13.9. The molecular formula is C23H26N2O4. The highest BCUT2D eigenvalue weighted by atomic mass is 16.5. The van der Waals surface area contributed by atoms with E-state index in [0.29, 0.717) is 12.2 Å². The first-order valence-electron chi connectivity index (χ1n) is 9.58. The third-order valence-corrected chi connectivity index (χ3v) is 5.31. The summed E-state index contributed by atoms with van der Waals surface area (Å²) in [5.74, 6) is -1.45. The van der Waals surface area contributed by atoms with Gasteiger partial charge >= 0.3 is 5.97 Å². The summed E-state index contributed by atoms with van der Waals surface area (Å²) in [6, 6.07) is 13.8. The lowest BCUT2D eigenvalue weighted by atomic mass is 10.0. The van der Waals surface area contributed by atoms with Crippen molar-refractivity contribution in [2.75, 3.05) is 13.7 Å². The van der Waals surface area contributed by atoms with E-state index in [1.54, 1.807) is 13.2 Å². The number of benzene rings is 2. The number of nitrogens with zero attached hydrogens (tertiary/aromatic N) is 1. The number of hydrogen-bond acceptors (Lipinski definition) is 3. The maximum atomic E-state index is 12.8. The summed E-state index contributed by atoms with van der Waals surface area (Å²) in [6.07, 6.45) is 0.232. The van der Waals surface area contributed by atoms with Gasteiger partial charge in [-0.05, 0) is 43.2 Å². The second-order valence-corrected chi connectivity index (χ2v) is 7.14. The lowest BCUT2D eigenvalue weighted by Crippen LogP contribution is -2.42. The molecule has 0 radical (unpaired) electrons. The number of fused-ring (bicyclic) bond motifs is 1. The van der Waals surface area contributed by atoms with Crippen LogP contribution < -0.4 is 5.32 Å². The summed E-state index contributed by atoms with van der Waals surface area (Å²) < 4.78 is 7.37. The highest BCUT2D eigenvalue weighted by Crippen LogP contribution is 2.26. The fourth-order valence-corrected chi connectivity index (χ4v) is 3.55. The van der Waals surface area contributed by atoms with Crippen LogP contribution in [0.5, 0.6) is 0 Å². The molecule has 6 nitrogen and oxygen atoms in total. The highest BCUT2D eigenvalue weighted by Gasteiger charge is 2.22. The van der Waals surface area contributed by atoms with Gasteiger partial charge in [0.1, 0.15) is 6.04 Å². The average Bonchev–Trinajstić information content (AvgIpc) is 2.96. The normalized spacial score (nSPS) is 12.1. The van der Waals surface area contributed by atoms with Crippen molar-refractivity contribution in [3.05, 3.63) is 70.9 Å². The first-order valence-corrected chi connectivity index (χ1v) is 9.58. The minimum atomic E-state index is -1.05. The van der Waals surface area contributed by atoms with E-state index in [1.807, 2.05) is 56.3 Å². The first kappa shape index (κ1) is 20.6. The fourth-order valence-electron chi connectivity index (χ4n) is 3.55. The van der Waals surface area contributed by atoms with Crippen molar-refractivity contribution in [3.63, 3.8) is 0 Å². The molecular weight excluding hydrogens is 368 g/mol. The van der Waals surface area contributed by atoms with Gasteiger partial charge in [0.2, 0.25) is 0 Å². The lowest BCUT2D eigenvalue weighted by molar-refractivity contribution is -0.139. The number of amides is 1. The maximum Gasteiger partial charge on any atom is 0.326 e. The Bertz CT molecular complexity index is 1020. The predicted octanol–water partition coefficient (Wildman–Crippen LogP) is 3.33. The molecule has 0 aliphatic rings. The quantitative estimate of drug-likeness (QED) is 0.614. The van der Waals surface area contributed by atoms with E-state index in [0.717, 1.165) is 34.3 Å². The van der Waals surface area contributed by atoms with E-state index in [1.165, 1.54) is 0 Å². The monoisotopic (exact) mass is 394 g/mol. The molecule has 29 heavy (non-hydrogen) atoms. The second kappa shape index (κ2) is 8.92. The van der Waals surface area contributed by atoms with Gasteiger partial charge in [0.15, 0.2) is 0 Å². The third kappa shape index (κ3) is 4.49. The van der Waals surface area contributed by atoms with E-state index >= 15 is 0 Å². The third-order valence-electron chi connectivity index (χ3n) is 5.31. The molecule has 0 fully saturated rings. The van der Waals surface area contributed by atoms with E-state index in [4.69, 9.17) is 4.74 Å². The largest absolute Gasteiger partial charge is 0.480 e. The number of aliphatic carboxylic acids is 1. The van der Waals surface area contributed by atoms with Crippen LogP contribution in [0.3, 0.4) is 0 Å². The number of ether oxygens (including phenoxy) is 1. The molecule has 152 valence electrons. The molecule has 0 saturated heterocycles. The molecule has 0 aliphatic carbocycles. The van der Waals surface area contributed by atoms with Crippen LogP contribution in [0.1, 0.15) is 27.2 Å². The SMILES string of the molecule is COCCn1c(C)c(C)c2cc(C(=O)N[C@H](Cc3ccccc3)C(=O)O)ccc21. The van der Waals surface area contributed by atoms with Crippen LogP contribution in [0.15, 0.2) is 48.5 Å². The number of carboxylic acids is 1. The van der Waals surface area contributed by atoms with Crippen molar-refractivity contribution in [2.24, 2.45) is 0 Å². The predicted molar refractivity (Wildman–Crippen MR) is 112 cm³/mol. The van der Waals surface area contributed by atoms with Gasteiger partial charge in [-0.3, -0.25) is 4.79 Å². The summed E-state index contributed by atoms with van der Waals surface area (Å²) in [6.45, 7) is 5.41. The van der Waals surface area contributed by atoms with Crippen molar-refractivity contribution in [2.45, 2.75) is 32.9 Å². The Morgan fingerprint density at radius 2 is 1.86 bits per heavy atom. The Labute approximate surface area is 170 Å². The number of hydrogen-bond donors (Lipinski definition) is 2. The van der Waals surface area contributed by atoms with Gasteiger partial charge in [-0.15, -0.1) is 0 Å². The molecule has 0 bridgehead atoms. The minimum Gasteiger partial charge on any atom is -0.480 e. The Morgan fingerprint density at radius 1 is 1.14 bits per heavy atom. The smallest absolute Gasteiger partial charge is 0.326 e. The number of carbonyl (C=O) groups excluding carboxylic acids is 1. The molecule has 2 aromatic carbocycles. The summed E-state index contributed by atoms with van der Waals surface area (Å²) >= 11 is 0. The van der Waals surface area contributed by atoms with E-state index in [-0.39, 0.29) is 6.42 Å². The van der Waals surface area contributed by atoms with Gasteiger partial charge in [-0.1, -0.05) is 30.3 Å². The average molecular weight is 394 g/mol. The number of rotatable bonds is 8. The van der Waals surface area contributed by atoms with Gasteiger partial charge < -0.3 is 19.7 Å². The van der Waals surface area contributed by atoms with Crippen molar-refractivity contribution >= 4 is 22.8 Å². The van der Waals surface area contributed by atoms with Crippen LogP contribution in [-0.2, 0) is 22.5 Å². The van der Waals surface area contributed by atoms with Crippen molar-refractivity contribution in [1.29, 1.82) is 0 Å². The van der Waals surface area contributed by atoms with E-state index in [9.17, 15) is 14.7 Å². The van der Waals surface area contributed by atoms with Crippen molar-refractivity contribution < 1.29 is 19.4 Å². The molecule has 0 unspecified atom stereocenters. The number of aryl methyl sites for hydroxylation is 1. The second-order valence-electron chi connectivity index (χ2n) is 7.14. The number of carboxylic acid groups (broad SMARTS) is 1. The lowest BCUT2D eigenvalue weighted by Gasteiger charge is -2.15. The Morgan fingerprint density at radius 3 is 2.52 bits per heavy atom. The molecule has 0 spiro atoms. The summed E-state index contributed by atoms with van der Waals surface area (Å²) in [7, 11) is 1.67. The van der Waals surface area contributed by atoms with Gasteiger partial charge in [-0.25, -0.2) is 4.79 Å². The topological polar surface area (TPSA) is 80.6 Å². The molecule has 1 aromatic heterocycles. The molecule has 1 amide bonds. The van der Waals surface area contributed by atoms with Crippen molar-refractivity contribution in [3.8, 4) is 0 Å². The molecule has 1 atom stereocenters. The molecule has 1 heterocycles. The molecule has 2 N–H and O–H groups in total. The zero-order valence-corrected chi connectivity index (χ0v) is 16.9. The number of nitrogens with one attached hydrogen (secondary N) is 1. The Balaban J connectivity index is 1.84. The Kier molecular flexibility index (Phi) is 6.34.